The lowest BCUT2D eigenvalue weighted by molar-refractivity contribution is -0.115. The third-order valence-electron chi connectivity index (χ3n) is 4.64. The second-order valence-electron chi connectivity index (χ2n) is 7.18. The average Bonchev–Trinajstić information content (AvgIpc) is 3.12. The number of amides is 1. The molecule has 1 aliphatic rings. The van der Waals surface area contributed by atoms with Crippen molar-refractivity contribution in [3.05, 3.63) is 100.0 Å². The lowest BCUT2D eigenvalue weighted by Gasteiger charge is -2.07. The number of thioether (sulfide) groups is 1. The van der Waals surface area contributed by atoms with E-state index in [1.165, 1.54) is 11.8 Å². The maximum Gasteiger partial charge on any atom is 0.335 e. The van der Waals surface area contributed by atoms with Crippen LogP contribution < -0.4 is 10.1 Å². The Morgan fingerprint density at radius 1 is 1.09 bits per heavy atom. The SMILES string of the molecule is Cc1cccc(N=C2NC(=O)/C(=C/c3ccc(OCc4cccc(C(=O)O)c4)cc3)S2)c1. The zero-order valence-electron chi connectivity index (χ0n) is 17.2. The summed E-state index contributed by atoms with van der Waals surface area (Å²) < 4.78 is 5.75. The van der Waals surface area contributed by atoms with Crippen molar-refractivity contribution in [2.45, 2.75) is 13.5 Å². The van der Waals surface area contributed by atoms with Gasteiger partial charge in [-0.3, -0.25) is 4.79 Å². The molecule has 3 aromatic rings. The molecule has 0 atom stereocenters. The molecule has 0 radical (unpaired) electrons. The second kappa shape index (κ2) is 9.53. The van der Waals surface area contributed by atoms with Gasteiger partial charge < -0.3 is 15.2 Å². The monoisotopic (exact) mass is 444 g/mol. The highest BCUT2D eigenvalue weighted by molar-refractivity contribution is 8.18. The van der Waals surface area contributed by atoms with Crippen LogP contribution in [0, 0.1) is 6.92 Å². The molecule has 1 aliphatic heterocycles. The quantitative estimate of drug-likeness (QED) is 0.513. The van der Waals surface area contributed by atoms with Gasteiger partial charge in [-0.15, -0.1) is 0 Å². The summed E-state index contributed by atoms with van der Waals surface area (Å²) >= 11 is 1.30. The first-order valence-electron chi connectivity index (χ1n) is 9.88. The Labute approximate surface area is 189 Å². The van der Waals surface area contributed by atoms with Crippen molar-refractivity contribution < 1.29 is 19.4 Å². The van der Waals surface area contributed by atoms with Crippen molar-refractivity contribution >= 4 is 40.6 Å². The first-order valence-corrected chi connectivity index (χ1v) is 10.7. The van der Waals surface area contributed by atoms with Crippen LogP contribution in [0.4, 0.5) is 5.69 Å². The molecule has 0 aliphatic carbocycles. The molecule has 0 unspecified atom stereocenters. The minimum Gasteiger partial charge on any atom is -0.489 e. The molecule has 160 valence electrons. The van der Waals surface area contributed by atoms with Crippen molar-refractivity contribution in [2.75, 3.05) is 0 Å². The van der Waals surface area contributed by atoms with E-state index in [0.29, 0.717) is 15.8 Å². The van der Waals surface area contributed by atoms with Gasteiger partial charge >= 0.3 is 5.97 Å². The molecular formula is C25H20N2O4S. The number of aryl methyl sites for hydroxylation is 1. The number of carboxylic acid groups (broad SMARTS) is 1. The molecule has 1 fully saturated rings. The van der Waals surface area contributed by atoms with Gasteiger partial charge in [0.1, 0.15) is 12.4 Å². The number of aliphatic imine (C=N–C) groups is 1. The second-order valence-corrected chi connectivity index (χ2v) is 8.21. The number of carbonyl (C=O) groups excluding carboxylic acids is 1. The van der Waals surface area contributed by atoms with Gasteiger partial charge in [-0.25, -0.2) is 9.79 Å². The number of aromatic carboxylic acids is 1. The third kappa shape index (κ3) is 5.44. The van der Waals surface area contributed by atoms with E-state index < -0.39 is 5.97 Å². The summed E-state index contributed by atoms with van der Waals surface area (Å²) in [5.74, 6) is -0.497. The third-order valence-corrected chi connectivity index (χ3v) is 5.55. The Bertz CT molecular complexity index is 1230. The Balaban J connectivity index is 1.40. The summed E-state index contributed by atoms with van der Waals surface area (Å²) in [5, 5.41) is 12.4. The summed E-state index contributed by atoms with van der Waals surface area (Å²) in [6.45, 7) is 2.26. The maximum absolute atomic E-state index is 12.3. The number of amidine groups is 1. The fourth-order valence-corrected chi connectivity index (χ4v) is 3.91. The predicted octanol–water partition coefficient (Wildman–Crippen LogP) is 5.16. The fourth-order valence-electron chi connectivity index (χ4n) is 3.07. The van der Waals surface area contributed by atoms with Gasteiger partial charge in [0, 0.05) is 0 Å². The van der Waals surface area contributed by atoms with Gasteiger partial charge in [-0.2, -0.15) is 0 Å². The summed E-state index contributed by atoms with van der Waals surface area (Å²) in [6, 6.07) is 21.8. The van der Waals surface area contributed by atoms with Gasteiger partial charge in [0.15, 0.2) is 5.17 Å². The molecule has 0 saturated carbocycles. The lowest BCUT2D eigenvalue weighted by Crippen LogP contribution is -2.19. The zero-order valence-corrected chi connectivity index (χ0v) is 18.1. The molecular weight excluding hydrogens is 424 g/mol. The summed E-state index contributed by atoms with van der Waals surface area (Å²) in [4.78, 5) is 28.4. The van der Waals surface area contributed by atoms with Crippen LogP contribution in [0.3, 0.4) is 0 Å². The number of nitrogens with one attached hydrogen (secondary N) is 1. The first kappa shape index (κ1) is 21.4. The average molecular weight is 445 g/mol. The highest BCUT2D eigenvalue weighted by Crippen LogP contribution is 2.28. The predicted molar refractivity (Wildman–Crippen MR) is 126 cm³/mol. The number of rotatable bonds is 6. The van der Waals surface area contributed by atoms with Gasteiger partial charge in [0.2, 0.25) is 0 Å². The van der Waals surface area contributed by atoms with Gasteiger partial charge in [-0.05, 0) is 77.9 Å². The Morgan fingerprint density at radius 3 is 2.62 bits per heavy atom. The van der Waals surface area contributed by atoms with Crippen LogP contribution in [-0.2, 0) is 11.4 Å². The summed E-state index contributed by atoms with van der Waals surface area (Å²) in [6.07, 6.45) is 1.80. The van der Waals surface area contributed by atoms with E-state index in [4.69, 9.17) is 9.84 Å². The van der Waals surface area contributed by atoms with Gasteiger partial charge in [0.05, 0.1) is 16.2 Å². The van der Waals surface area contributed by atoms with E-state index in [9.17, 15) is 9.59 Å². The summed E-state index contributed by atoms with van der Waals surface area (Å²) in [7, 11) is 0. The van der Waals surface area contributed by atoms with Crippen molar-refractivity contribution in [3.63, 3.8) is 0 Å². The zero-order chi connectivity index (χ0) is 22.5. The Morgan fingerprint density at radius 2 is 1.88 bits per heavy atom. The maximum atomic E-state index is 12.3. The normalized spacial score (nSPS) is 15.7. The van der Waals surface area contributed by atoms with Crippen LogP contribution in [0.2, 0.25) is 0 Å². The fraction of sp³-hybridized carbons (Fsp3) is 0.0800. The van der Waals surface area contributed by atoms with E-state index >= 15 is 0 Å². The minimum atomic E-state index is -0.967. The topological polar surface area (TPSA) is 88.0 Å². The molecule has 3 aromatic carbocycles. The highest BCUT2D eigenvalue weighted by Gasteiger charge is 2.23. The number of ether oxygens (including phenoxy) is 1. The van der Waals surface area contributed by atoms with E-state index in [-0.39, 0.29) is 18.1 Å². The van der Waals surface area contributed by atoms with Crippen molar-refractivity contribution in [2.24, 2.45) is 4.99 Å². The molecule has 1 amide bonds. The largest absolute Gasteiger partial charge is 0.489 e. The molecule has 7 heteroatoms. The van der Waals surface area contributed by atoms with Crippen LogP contribution in [0.25, 0.3) is 6.08 Å². The molecule has 32 heavy (non-hydrogen) atoms. The number of nitrogens with zero attached hydrogens (tertiary/aromatic N) is 1. The van der Waals surface area contributed by atoms with E-state index in [0.717, 1.165) is 22.4 Å². The molecule has 1 saturated heterocycles. The summed E-state index contributed by atoms with van der Waals surface area (Å²) in [5.41, 5.74) is 3.76. The number of benzene rings is 3. The van der Waals surface area contributed by atoms with Crippen LogP contribution in [0.1, 0.15) is 27.0 Å². The standard InChI is InChI=1S/C25H20N2O4S/c1-16-4-2-7-20(12-16)26-25-27-23(28)22(32-25)14-17-8-10-21(11-9-17)31-15-18-5-3-6-19(13-18)24(29)30/h2-14H,15H2,1H3,(H,29,30)(H,26,27,28)/b22-14-. The molecule has 1 heterocycles. The Hall–Kier alpha value is -3.84. The number of carboxylic acids is 1. The molecule has 2 N–H and O–H groups in total. The number of hydrogen-bond donors (Lipinski definition) is 2. The van der Waals surface area contributed by atoms with Crippen LogP contribution >= 0.6 is 11.8 Å². The van der Waals surface area contributed by atoms with Crippen LogP contribution in [0.15, 0.2) is 82.7 Å². The molecule has 0 aromatic heterocycles. The Kier molecular flexibility index (Phi) is 6.37. The van der Waals surface area contributed by atoms with Gasteiger partial charge in [0.25, 0.3) is 5.91 Å². The van der Waals surface area contributed by atoms with E-state index in [2.05, 4.69) is 10.3 Å². The van der Waals surface area contributed by atoms with E-state index in [1.807, 2.05) is 61.5 Å². The van der Waals surface area contributed by atoms with Crippen LogP contribution in [-0.4, -0.2) is 22.2 Å². The minimum absolute atomic E-state index is 0.181. The van der Waals surface area contributed by atoms with Crippen LogP contribution in [0.5, 0.6) is 5.75 Å². The first-order chi connectivity index (χ1) is 15.5. The number of carbonyl (C=O) groups is 2. The molecule has 4 rings (SSSR count). The van der Waals surface area contributed by atoms with Crippen molar-refractivity contribution in [1.82, 2.24) is 5.32 Å². The lowest BCUT2D eigenvalue weighted by atomic mass is 10.1. The molecule has 6 nitrogen and oxygen atoms in total. The van der Waals surface area contributed by atoms with Crippen molar-refractivity contribution in [3.8, 4) is 5.75 Å². The smallest absolute Gasteiger partial charge is 0.335 e. The van der Waals surface area contributed by atoms with Gasteiger partial charge in [-0.1, -0.05) is 36.4 Å². The van der Waals surface area contributed by atoms with Crippen molar-refractivity contribution in [1.29, 1.82) is 0 Å². The molecule has 0 spiro atoms. The highest BCUT2D eigenvalue weighted by atomic mass is 32.2. The number of hydrogen-bond acceptors (Lipinski definition) is 5. The molecule has 0 bridgehead atoms. The van der Waals surface area contributed by atoms with E-state index in [1.54, 1.807) is 24.3 Å².